The van der Waals surface area contributed by atoms with Crippen molar-refractivity contribution in [1.29, 1.82) is 0 Å². The minimum Gasteiger partial charge on any atom is -0.489 e. The van der Waals surface area contributed by atoms with Gasteiger partial charge in [-0.15, -0.1) is 0 Å². The van der Waals surface area contributed by atoms with Crippen molar-refractivity contribution in [3.05, 3.63) is 149 Å². The van der Waals surface area contributed by atoms with Crippen LogP contribution in [0.3, 0.4) is 0 Å². The second-order valence-electron chi connectivity index (χ2n) is 10.6. The number of carbonyl (C=O) groups excluding carboxylic acids is 2. The van der Waals surface area contributed by atoms with Crippen LogP contribution in [0.25, 0.3) is 21.9 Å². The van der Waals surface area contributed by atoms with Gasteiger partial charge in [0.2, 0.25) is 0 Å². The number of amides is 2. The first-order chi connectivity index (χ1) is 23.2. The van der Waals surface area contributed by atoms with Crippen molar-refractivity contribution in [2.24, 2.45) is 0 Å². The third kappa shape index (κ3) is 8.01. The minimum absolute atomic E-state index is 0.0119. The SMILES string of the molecule is O=C(NCCNC(=O)c1cc2ccc(OCc3cccc(Br)c3)cc2oc1=O)c1cc2ccc(OCc3cccc(Br)c3)cc2oc1=O. The van der Waals surface area contributed by atoms with E-state index in [2.05, 4.69) is 42.5 Å². The van der Waals surface area contributed by atoms with Crippen LogP contribution < -0.4 is 31.4 Å². The average Bonchev–Trinajstić information content (AvgIpc) is 3.07. The molecule has 6 rings (SSSR count). The smallest absolute Gasteiger partial charge is 0.349 e. The molecule has 4 aromatic carbocycles. The van der Waals surface area contributed by atoms with Crippen molar-refractivity contribution >= 4 is 65.6 Å². The number of benzene rings is 4. The molecule has 2 amide bonds. The molecule has 2 heterocycles. The third-order valence-electron chi connectivity index (χ3n) is 7.19. The maximum Gasteiger partial charge on any atom is 0.349 e. The predicted octanol–water partition coefficient (Wildman–Crippen LogP) is 6.74. The van der Waals surface area contributed by atoms with Gasteiger partial charge in [0.1, 0.15) is 47.0 Å². The Morgan fingerprint density at radius 2 is 1.02 bits per heavy atom. The second-order valence-corrected chi connectivity index (χ2v) is 12.5. The summed E-state index contributed by atoms with van der Waals surface area (Å²) < 4.78 is 24.3. The van der Waals surface area contributed by atoms with Gasteiger partial charge in [-0.1, -0.05) is 56.1 Å². The zero-order valence-corrected chi connectivity index (χ0v) is 28.3. The third-order valence-corrected chi connectivity index (χ3v) is 8.18. The molecule has 0 atom stereocenters. The van der Waals surface area contributed by atoms with Gasteiger partial charge in [-0.25, -0.2) is 9.59 Å². The summed E-state index contributed by atoms with van der Waals surface area (Å²) in [5.74, 6) is -0.327. The molecule has 0 aliphatic carbocycles. The van der Waals surface area contributed by atoms with Gasteiger partial charge in [-0.2, -0.15) is 0 Å². The first-order valence-electron chi connectivity index (χ1n) is 14.7. The molecule has 0 saturated carbocycles. The van der Waals surface area contributed by atoms with E-state index in [1.165, 1.54) is 12.1 Å². The summed E-state index contributed by atoms with van der Waals surface area (Å²) in [5.41, 5.74) is 0.459. The van der Waals surface area contributed by atoms with Crippen LogP contribution in [0.4, 0.5) is 0 Å². The zero-order valence-electron chi connectivity index (χ0n) is 25.1. The minimum atomic E-state index is -0.816. The predicted molar refractivity (Wildman–Crippen MR) is 187 cm³/mol. The van der Waals surface area contributed by atoms with E-state index < -0.39 is 23.1 Å². The van der Waals surface area contributed by atoms with Crippen molar-refractivity contribution in [3.8, 4) is 11.5 Å². The van der Waals surface area contributed by atoms with Crippen LogP contribution in [0.5, 0.6) is 11.5 Å². The van der Waals surface area contributed by atoms with Gasteiger partial charge in [-0.05, 0) is 71.8 Å². The summed E-state index contributed by atoms with van der Waals surface area (Å²) in [5, 5.41) is 6.24. The molecule has 12 heteroatoms. The molecule has 0 fully saturated rings. The molecule has 6 aromatic rings. The summed E-state index contributed by atoms with van der Waals surface area (Å²) in [7, 11) is 0. The largest absolute Gasteiger partial charge is 0.489 e. The van der Waals surface area contributed by atoms with Crippen LogP contribution in [0, 0.1) is 0 Å². The van der Waals surface area contributed by atoms with Crippen molar-refractivity contribution < 1.29 is 27.9 Å². The van der Waals surface area contributed by atoms with E-state index in [1.807, 2.05) is 48.5 Å². The van der Waals surface area contributed by atoms with Gasteiger partial charge in [-0.3, -0.25) is 9.59 Å². The lowest BCUT2D eigenvalue weighted by Gasteiger charge is -2.09. The fourth-order valence-corrected chi connectivity index (χ4v) is 5.70. The molecule has 10 nitrogen and oxygen atoms in total. The molecule has 0 unspecified atom stereocenters. The van der Waals surface area contributed by atoms with Gasteiger partial charge in [0.05, 0.1) is 0 Å². The summed E-state index contributed by atoms with van der Waals surface area (Å²) in [6.07, 6.45) is 0. The Morgan fingerprint density at radius 3 is 1.44 bits per heavy atom. The number of hydrogen-bond acceptors (Lipinski definition) is 8. The highest BCUT2D eigenvalue weighted by Crippen LogP contribution is 2.24. The highest BCUT2D eigenvalue weighted by molar-refractivity contribution is 9.10. The maximum atomic E-state index is 12.8. The number of halogens is 2. The van der Waals surface area contributed by atoms with Crippen molar-refractivity contribution in [2.45, 2.75) is 13.2 Å². The molecular weight excluding hydrogens is 748 g/mol. The zero-order chi connectivity index (χ0) is 33.6. The van der Waals surface area contributed by atoms with Gasteiger partial charge < -0.3 is 28.9 Å². The normalized spacial score (nSPS) is 11.0. The Labute approximate surface area is 289 Å². The Hall–Kier alpha value is -5.20. The Bertz CT molecular complexity index is 2120. The van der Waals surface area contributed by atoms with Crippen LogP contribution in [-0.4, -0.2) is 24.9 Å². The van der Waals surface area contributed by atoms with Crippen LogP contribution in [-0.2, 0) is 13.2 Å². The molecule has 0 aliphatic heterocycles. The van der Waals surface area contributed by atoms with Crippen molar-refractivity contribution in [3.63, 3.8) is 0 Å². The van der Waals surface area contributed by atoms with E-state index in [1.54, 1.807) is 36.4 Å². The molecule has 0 aliphatic rings. The summed E-state index contributed by atoms with van der Waals surface area (Å²) in [6, 6.07) is 28.3. The summed E-state index contributed by atoms with van der Waals surface area (Å²) in [4.78, 5) is 50.7. The summed E-state index contributed by atoms with van der Waals surface area (Å²) >= 11 is 6.86. The fourth-order valence-electron chi connectivity index (χ4n) is 4.81. The van der Waals surface area contributed by atoms with Gasteiger partial charge in [0, 0.05) is 44.9 Å². The lowest BCUT2D eigenvalue weighted by Crippen LogP contribution is -2.37. The van der Waals surface area contributed by atoms with E-state index in [0.29, 0.717) is 35.5 Å². The fraction of sp³-hybridized carbons (Fsp3) is 0.111. The quantitative estimate of drug-likeness (QED) is 0.109. The van der Waals surface area contributed by atoms with Crippen LogP contribution in [0.15, 0.2) is 124 Å². The van der Waals surface area contributed by atoms with Crippen molar-refractivity contribution in [2.75, 3.05) is 13.1 Å². The Balaban J connectivity index is 1.02. The highest BCUT2D eigenvalue weighted by atomic mass is 79.9. The monoisotopic (exact) mass is 772 g/mol. The Kier molecular flexibility index (Phi) is 10.0. The summed E-state index contributed by atoms with van der Waals surface area (Å²) in [6.45, 7) is 0.620. The van der Waals surface area contributed by atoms with Gasteiger partial charge >= 0.3 is 11.3 Å². The first-order valence-corrected chi connectivity index (χ1v) is 16.3. The molecule has 0 saturated heterocycles. The van der Waals surface area contributed by atoms with E-state index in [0.717, 1.165) is 20.1 Å². The molecule has 2 N–H and O–H groups in total. The maximum absolute atomic E-state index is 12.8. The molecule has 242 valence electrons. The Morgan fingerprint density at radius 1 is 0.583 bits per heavy atom. The number of rotatable bonds is 11. The number of nitrogens with one attached hydrogen (secondary N) is 2. The molecule has 2 aromatic heterocycles. The van der Waals surface area contributed by atoms with Gasteiger partial charge in [0.25, 0.3) is 11.8 Å². The van der Waals surface area contributed by atoms with E-state index in [9.17, 15) is 19.2 Å². The molecular formula is C36H26Br2N2O8. The molecule has 0 radical (unpaired) electrons. The lowest BCUT2D eigenvalue weighted by molar-refractivity contribution is 0.0924. The number of ether oxygens (including phenoxy) is 2. The standard InChI is InChI=1S/C36H26Br2N2O8/c37-25-5-1-3-21(13-25)19-45-27-9-7-23-15-29(35(43)47-31(23)17-27)33(41)39-11-12-40-34(42)30-16-24-8-10-28(18-32(24)48-36(30)44)46-20-22-4-2-6-26(38)14-22/h1-10,13-18H,11-12,19-20H2,(H,39,41)(H,40,42). The highest BCUT2D eigenvalue weighted by Gasteiger charge is 2.16. The first kappa shape index (κ1) is 32.7. The molecule has 0 spiro atoms. The number of carbonyl (C=O) groups is 2. The van der Waals surface area contributed by atoms with Crippen LogP contribution in [0.1, 0.15) is 31.8 Å². The lowest BCUT2D eigenvalue weighted by atomic mass is 10.1. The number of hydrogen-bond donors (Lipinski definition) is 2. The van der Waals surface area contributed by atoms with E-state index >= 15 is 0 Å². The van der Waals surface area contributed by atoms with Crippen LogP contribution in [0.2, 0.25) is 0 Å². The van der Waals surface area contributed by atoms with Crippen LogP contribution >= 0.6 is 31.9 Å². The van der Waals surface area contributed by atoms with Crippen molar-refractivity contribution in [1.82, 2.24) is 10.6 Å². The molecule has 48 heavy (non-hydrogen) atoms. The topological polar surface area (TPSA) is 137 Å². The molecule has 0 bridgehead atoms. The number of fused-ring (bicyclic) bond motifs is 2. The average molecular weight is 774 g/mol. The second kappa shape index (κ2) is 14.7. The van der Waals surface area contributed by atoms with E-state index in [4.69, 9.17) is 18.3 Å². The van der Waals surface area contributed by atoms with E-state index in [-0.39, 0.29) is 35.4 Å². The van der Waals surface area contributed by atoms with Gasteiger partial charge in [0.15, 0.2) is 0 Å².